The molecular weight excluding hydrogens is 320 g/mol. The summed E-state index contributed by atoms with van der Waals surface area (Å²) in [5, 5.41) is 0. The molecule has 0 aromatic heterocycles. The summed E-state index contributed by atoms with van der Waals surface area (Å²) in [7, 11) is 0. The Hall–Kier alpha value is -2.27. The standard InChI is InChI=1S/C19H20N2O2S/c1-14-2-5-16(6-3-14)20-8-10-21(11-9-20)19(24)15-4-7-17-18(12-15)23-13-22-17/h2-7,12H,8-11,13H2,1H3. The molecule has 1 saturated heterocycles. The SMILES string of the molecule is Cc1ccc(N2CCN(C(=S)c3ccc4c(c3)OCO4)CC2)cc1. The molecule has 0 aliphatic carbocycles. The highest BCUT2D eigenvalue weighted by Crippen LogP contribution is 2.33. The molecule has 0 bridgehead atoms. The van der Waals surface area contributed by atoms with Gasteiger partial charge in [-0.25, -0.2) is 0 Å². The number of benzene rings is 2. The van der Waals surface area contributed by atoms with Crippen LogP contribution in [0.1, 0.15) is 11.1 Å². The van der Waals surface area contributed by atoms with E-state index in [9.17, 15) is 0 Å². The van der Waals surface area contributed by atoms with Crippen LogP contribution in [0.15, 0.2) is 42.5 Å². The quantitative estimate of drug-likeness (QED) is 0.782. The van der Waals surface area contributed by atoms with Crippen LogP contribution in [0, 0.1) is 6.92 Å². The maximum absolute atomic E-state index is 5.70. The number of anilines is 1. The predicted molar refractivity (Wildman–Crippen MR) is 99.2 cm³/mol. The van der Waals surface area contributed by atoms with Crippen LogP contribution >= 0.6 is 12.2 Å². The van der Waals surface area contributed by atoms with Gasteiger partial charge in [0.2, 0.25) is 6.79 Å². The third-order valence-electron chi connectivity index (χ3n) is 4.59. The van der Waals surface area contributed by atoms with Crippen LogP contribution < -0.4 is 14.4 Å². The predicted octanol–water partition coefficient (Wildman–Crippen LogP) is 3.22. The highest BCUT2D eigenvalue weighted by Gasteiger charge is 2.22. The zero-order valence-electron chi connectivity index (χ0n) is 13.7. The molecular formula is C19H20N2O2S. The molecule has 2 aliphatic heterocycles. The summed E-state index contributed by atoms with van der Waals surface area (Å²) in [5.41, 5.74) is 3.61. The molecule has 0 atom stereocenters. The maximum atomic E-state index is 5.70. The molecule has 0 spiro atoms. The van der Waals surface area contributed by atoms with E-state index in [-0.39, 0.29) is 0 Å². The van der Waals surface area contributed by atoms with Crippen molar-refractivity contribution in [2.75, 3.05) is 37.9 Å². The summed E-state index contributed by atoms with van der Waals surface area (Å²) in [4.78, 5) is 5.58. The zero-order chi connectivity index (χ0) is 16.5. The number of hydrogen-bond acceptors (Lipinski definition) is 4. The Morgan fingerprint density at radius 2 is 1.62 bits per heavy atom. The van der Waals surface area contributed by atoms with Crippen molar-refractivity contribution in [1.29, 1.82) is 0 Å². The lowest BCUT2D eigenvalue weighted by atomic mass is 10.1. The van der Waals surface area contributed by atoms with Crippen LogP contribution in [0.3, 0.4) is 0 Å². The molecule has 1 fully saturated rings. The molecule has 4 nitrogen and oxygen atoms in total. The summed E-state index contributed by atoms with van der Waals surface area (Å²) >= 11 is 5.70. The third-order valence-corrected chi connectivity index (χ3v) is 5.08. The largest absolute Gasteiger partial charge is 0.454 e. The fourth-order valence-corrected chi connectivity index (χ4v) is 3.45. The van der Waals surface area contributed by atoms with Crippen molar-refractivity contribution in [2.24, 2.45) is 0 Å². The Morgan fingerprint density at radius 3 is 2.38 bits per heavy atom. The van der Waals surface area contributed by atoms with E-state index in [1.807, 2.05) is 18.2 Å². The molecule has 124 valence electrons. The first-order chi connectivity index (χ1) is 11.7. The molecule has 0 radical (unpaired) electrons. The third kappa shape index (κ3) is 2.91. The zero-order valence-corrected chi connectivity index (χ0v) is 14.5. The Morgan fingerprint density at radius 1 is 0.917 bits per heavy atom. The van der Waals surface area contributed by atoms with Gasteiger partial charge in [0.25, 0.3) is 0 Å². The van der Waals surface area contributed by atoms with Crippen LogP contribution in [0.4, 0.5) is 5.69 Å². The first-order valence-electron chi connectivity index (χ1n) is 8.21. The summed E-state index contributed by atoms with van der Waals surface area (Å²) in [5.74, 6) is 1.58. The minimum absolute atomic E-state index is 0.292. The average molecular weight is 340 g/mol. The van der Waals surface area contributed by atoms with Crippen LogP contribution in [0.2, 0.25) is 0 Å². The molecule has 2 aromatic carbocycles. The second-order valence-electron chi connectivity index (χ2n) is 6.18. The summed E-state index contributed by atoms with van der Waals surface area (Å²) in [6.07, 6.45) is 0. The van der Waals surface area contributed by atoms with Gasteiger partial charge in [-0.3, -0.25) is 0 Å². The van der Waals surface area contributed by atoms with Crippen molar-refractivity contribution in [3.05, 3.63) is 53.6 Å². The molecule has 4 rings (SSSR count). The highest BCUT2D eigenvalue weighted by molar-refractivity contribution is 7.80. The number of rotatable bonds is 2. The number of aryl methyl sites for hydroxylation is 1. The Bertz CT molecular complexity index is 752. The van der Waals surface area contributed by atoms with Crippen LogP contribution in [0.25, 0.3) is 0 Å². The number of piperazine rings is 1. The van der Waals surface area contributed by atoms with Crippen LogP contribution in [-0.2, 0) is 0 Å². The van der Waals surface area contributed by atoms with Crippen molar-refractivity contribution in [3.8, 4) is 11.5 Å². The van der Waals surface area contributed by atoms with Crippen molar-refractivity contribution < 1.29 is 9.47 Å². The summed E-state index contributed by atoms with van der Waals surface area (Å²) in [6.45, 7) is 6.23. The van der Waals surface area contributed by atoms with Gasteiger partial charge in [-0.1, -0.05) is 29.9 Å². The molecule has 0 saturated carbocycles. The van der Waals surface area contributed by atoms with Crippen LogP contribution in [0.5, 0.6) is 11.5 Å². The monoisotopic (exact) mass is 340 g/mol. The summed E-state index contributed by atoms with van der Waals surface area (Å²) in [6, 6.07) is 14.7. The minimum Gasteiger partial charge on any atom is -0.454 e. The van der Waals surface area contributed by atoms with E-state index in [0.29, 0.717) is 6.79 Å². The van der Waals surface area contributed by atoms with E-state index >= 15 is 0 Å². The normalized spacial score (nSPS) is 16.4. The van der Waals surface area contributed by atoms with Gasteiger partial charge < -0.3 is 19.3 Å². The van der Waals surface area contributed by atoms with Gasteiger partial charge in [0.05, 0.1) is 0 Å². The summed E-state index contributed by atoms with van der Waals surface area (Å²) < 4.78 is 10.8. The number of nitrogens with zero attached hydrogens (tertiary/aromatic N) is 2. The molecule has 5 heteroatoms. The average Bonchev–Trinajstić information content (AvgIpc) is 3.09. The second kappa shape index (κ2) is 6.32. The number of fused-ring (bicyclic) bond motifs is 1. The van der Waals surface area contributed by atoms with Crippen molar-refractivity contribution in [3.63, 3.8) is 0 Å². The van der Waals surface area contributed by atoms with E-state index in [2.05, 4.69) is 41.0 Å². The van der Waals surface area contributed by atoms with Gasteiger partial charge in [-0.05, 0) is 37.3 Å². The topological polar surface area (TPSA) is 24.9 Å². The number of hydrogen-bond donors (Lipinski definition) is 0. The Labute approximate surface area is 147 Å². The lowest BCUT2D eigenvalue weighted by molar-refractivity contribution is 0.174. The smallest absolute Gasteiger partial charge is 0.231 e. The minimum atomic E-state index is 0.292. The van der Waals surface area contributed by atoms with Crippen molar-refractivity contribution in [1.82, 2.24) is 4.90 Å². The van der Waals surface area contributed by atoms with E-state index in [0.717, 1.165) is 48.2 Å². The van der Waals surface area contributed by atoms with Crippen molar-refractivity contribution in [2.45, 2.75) is 6.92 Å². The molecule has 0 unspecified atom stereocenters. The van der Waals surface area contributed by atoms with Gasteiger partial charge >= 0.3 is 0 Å². The fraction of sp³-hybridized carbons (Fsp3) is 0.316. The first-order valence-corrected chi connectivity index (χ1v) is 8.62. The highest BCUT2D eigenvalue weighted by atomic mass is 32.1. The lowest BCUT2D eigenvalue weighted by Gasteiger charge is -2.37. The van der Waals surface area contributed by atoms with E-state index in [1.54, 1.807) is 0 Å². The second-order valence-corrected chi connectivity index (χ2v) is 6.57. The van der Waals surface area contributed by atoms with Gasteiger partial charge in [0.15, 0.2) is 11.5 Å². The van der Waals surface area contributed by atoms with Gasteiger partial charge in [0, 0.05) is 37.4 Å². The molecule has 2 aliphatic rings. The van der Waals surface area contributed by atoms with Gasteiger partial charge in [-0.15, -0.1) is 0 Å². The first kappa shape index (κ1) is 15.3. The van der Waals surface area contributed by atoms with Gasteiger partial charge in [0.1, 0.15) is 4.99 Å². The molecule has 0 N–H and O–H groups in total. The number of thiocarbonyl (C=S) groups is 1. The van der Waals surface area contributed by atoms with Crippen molar-refractivity contribution >= 4 is 22.9 Å². The number of ether oxygens (including phenoxy) is 2. The van der Waals surface area contributed by atoms with Gasteiger partial charge in [-0.2, -0.15) is 0 Å². The lowest BCUT2D eigenvalue weighted by Crippen LogP contribution is -2.48. The maximum Gasteiger partial charge on any atom is 0.231 e. The van der Waals surface area contributed by atoms with E-state index < -0.39 is 0 Å². The Balaban J connectivity index is 1.42. The van der Waals surface area contributed by atoms with E-state index in [4.69, 9.17) is 21.7 Å². The molecule has 0 amide bonds. The fourth-order valence-electron chi connectivity index (χ4n) is 3.14. The van der Waals surface area contributed by atoms with Crippen LogP contribution in [-0.4, -0.2) is 42.9 Å². The molecule has 2 heterocycles. The molecule has 24 heavy (non-hydrogen) atoms. The van der Waals surface area contributed by atoms with E-state index in [1.165, 1.54) is 11.3 Å². The molecule has 2 aromatic rings. The Kier molecular flexibility index (Phi) is 4.02.